The fraction of sp³-hybridized carbons (Fsp3) is 0.250. The van der Waals surface area contributed by atoms with E-state index in [9.17, 15) is 4.79 Å². The first-order valence-corrected chi connectivity index (χ1v) is 7.30. The summed E-state index contributed by atoms with van der Waals surface area (Å²) in [5.74, 6) is 1.72. The molecule has 0 saturated heterocycles. The van der Waals surface area contributed by atoms with Crippen LogP contribution >= 0.6 is 11.6 Å². The predicted molar refractivity (Wildman–Crippen MR) is 81.8 cm³/mol. The zero-order chi connectivity index (χ0) is 14.6. The third-order valence-corrected chi connectivity index (χ3v) is 4.16. The van der Waals surface area contributed by atoms with Gasteiger partial charge in [-0.05, 0) is 31.9 Å². The van der Waals surface area contributed by atoms with Crippen LogP contribution in [0.1, 0.15) is 30.1 Å². The second kappa shape index (κ2) is 4.46. The van der Waals surface area contributed by atoms with Crippen molar-refractivity contribution in [2.45, 2.75) is 25.7 Å². The van der Waals surface area contributed by atoms with Crippen molar-refractivity contribution in [3.05, 3.63) is 51.0 Å². The van der Waals surface area contributed by atoms with E-state index in [0.717, 1.165) is 24.1 Å². The van der Waals surface area contributed by atoms with Crippen molar-refractivity contribution in [3.63, 3.8) is 0 Å². The van der Waals surface area contributed by atoms with Gasteiger partial charge < -0.3 is 9.40 Å². The van der Waals surface area contributed by atoms with Gasteiger partial charge in [-0.15, -0.1) is 0 Å². The van der Waals surface area contributed by atoms with Crippen LogP contribution in [0.5, 0.6) is 0 Å². The number of benzene rings is 1. The number of nitrogens with zero attached hydrogens (tertiary/aromatic N) is 1. The van der Waals surface area contributed by atoms with Gasteiger partial charge in [0.1, 0.15) is 11.5 Å². The standard InChI is InChI=1S/C16H13ClN2O2/c1-8-13(18-15(9-5-6-9)19-16(8)20)12-7-10-3-2-4-11(17)14(10)21-12/h2-4,7,9H,5-6H2,1H3,(H,18,19,20). The van der Waals surface area contributed by atoms with Gasteiger partial charge in [0.2, 0.25) is 0 Å². The smallest absolute Gasteiger partial charge is 0.254 e. The van der Waals surface area contributed by atoms with Crippen molar-refractivity contribution in [1.82, 2.24) is 9.97 Å². The van der Waals surface area contributed by atoms with Crippen LogP contribution in [-0.4, -0.2) is 9.97 Å². The number of rotatable bonds is 2. The molecule has 0 atom stereocenters. The van der Waals surface area contributed by atoms with E-state index in [-0.39, 0.29) is 5.56 Å². The molecule has 1 fully saturated rings. The Labute approximate surface area is 125 Å². The molecule has 0 spiro atoms. The first-order valence-electron chi connectivity index (χ1n) is 6.93. The lowest BCUT2D eigenvalue weighted by atomic mass is 10.2. The van der Waals surface area contributed by atoms with Gasteiger partial charge in [0.15, 0.2) is 11.3 Å². The van der Waals surface area contributed by atoms with E-state index >= 15 is 0 Å². The minimum atomic E-state index is -0.103. The van der Waals surface area contributed by atoms with Crippen molar-refractivity contribution in [2.24, 2.45) is 0 Å². The average molecular weight is 301 g/mol. The van der Waals surface area contributed by atoms with E-state index in [1.807, 2.05) is 18.2 Å². The van der Waals surface area contributed by atoms with Gasteiger partial charge in [0, 0.05) is 16.9 Å². The van der Waals surface area contributed by atoms with Crippen LogP contribution in [0.2, 0.25) is 5.02 Å². The highest BCUT2D eigenvalue weighted by atomic mass is 35.5. The molecule has 1 N–H and O–H groups in total. The molecule has 1 aliphatic carbocycles. The molecule has 0 amide bonds. The zero-order valence-electron chi connectivity index (χ0n) is 11.4. The van der Waals surface area contributed by atoms with Gasteiger partial charge in [0.25, 0.3) is 5.56 Å². The summed E-state index contributed by atoms with van der Waals surface area (Å²) in [4.78, 5) is 19.5. The normalized spacial score (nSPS) is 14.8. The monoisotopic (exact) mass is 300 g/mol. The number of hydrogen-bond acceptors (Lipinski definition) is 3. The maximum Gasteiger partial charge on any atom is 0.254 e. The fourth-order valence-electron chi connectivity index (χ4n) is 2.48. The van der Waals surface area contributed by atoms with Crippen molar-refractivity contribution in [3.8, 4) is 11.5 Å². The largest absolute Gasteiger partial charge is 0.453 e. The quantitative estimate of drug-likeness (QED) is 0.777. The molecule has 5 heteroatoms. The van der Waals surface area contributed by atoms with Crippen molar-refractivity contribution in [1.29, 1.82) is 0 Å². The molecule has 21 heavy (non-hydrogen) atoms. The molecule has 0 radical (unpaired) electrons. The van der Waals surface area contributed by atoms with Crippen LogP contribution in [0.4, 0.5) is 0 Å². The molecular weight excluding hydrogens is 288 g/mol. The van der Waals surface area contributed by atoms with E-state index in [0.29, 0.717) is 33.5 Å². The number of aromatic nitrogens is 2. The van der Waals surface area contributed by atoms with Gasteiger partial charge in [-0.3, -0.25) is 4.79 Å². The third-order valence-electron chi connectivity index (χ3n) is 3.86. The molecule has 106 valence electrons. The number of hydrogen-bond donors (Lipinski definition) is 1. The molecule has 4 nitrogen and oxygen atoms in total. The fourth-order valence-corrected chi connectivity index (χ4v) is 2.70. The van der Waals surface area contributed by atoms with Gasteiger partial charge in [-0.1, -0.05) is 23.7 Å². The number of halogens is 1. The van der Waals surface area contributed by atoms with Crippen LogP contribution in [-0.2, 0) is 0 Å². The maximum atomic E-state index is 12.1. The summed E-state index contributed by atoms with van der Waals surface area (Å²) in [6.45, 7) is 1.76. The Morgan fingerprint density at radius 1 is 1.38 bits per heavy atom. The average Bonchev–Trinajstić information content (AvgIpc) is 3.21. The summed E-state index contributed by atoms with van der Waals surface area (Å²) in [5, 5.41) is 1.47. The zero-order valence-corrected chi connectivity index (χ0v) is 12.2. The summed E-state index contributed by atoms with van der Waals surface area (Å²) in [5.41, 5.74) is 1.69. The number of aromatic amines is 1. The number of nitrogens with one attached hydrogen (secondary N) is 1. The second-order valence-corrected chi connectivity index (χ2v) is 5.88. The molecule has 2 heterocycles. The second-order valence-electron chi connectivity index (χ2n) is 5.47. The van der Waals surface area contributed by atoms with Crippen LogP contribution < -0.4 is 5.56 Å². The SMILES string of the molecule is Cc1c(-c2cc3cccc(Cl)c3o2)nc(C2CC2)[nH]c1=O. The van der Waals surface area contributed by atoms with Gasteiger partial charge in [0.05, 0.1) is 5.02 Å². The molecule has 0 bridgehead atoms. The Kier molecular flexibility index (Phi) is 2.69. The molecule has 0 aliphatic heterocycles. The Bertz CT molecular complexity index is 906. The minimum absolute atomic E-state index is 0.103. The Morgan fingerprint density at radius 2 is 2.19 bits per heavy atom. The first-order chi connectivity index (χ1) is 10.1. The third kappa shape index (κ3) is 2.07. The van der Waals surface area contributed by atoms with Crippen LogP contribution in [0.15, 0.2) is 33.5 Å². The van der Waals surface area contributed by atoms with Gasteiger partial charge in [-0.25, -0.2) is 4.98 Å². The number of fused-ring (bicyclic) bond motifs is 1. The minimum Gasteiger partial charge on any atom is -0.453 e. The van der Waals surface area contributed by atoms with Crippen molar-refractivity contribution in [2.75, 3.05) is 0 Å². The highest BCUT2D eigenvalue weighted by molar-refractivity contribution is 6.34. The lowest BCUT2D eigenvalue weighted by molar-refractivity contribution is 0.626. The molecule has 1 aliphatic rings. The number of furan rings is 1. The van der Waals surface area contributed by atoms with Crippen LogP contribution in [0, 0.1) is 6.92 Å². The van der Waals surface area contributed by atoms with E-state index < -0.39 is 0 Å². The topological polar surface area (TPSA) is 58.9 Å². The Balaban J connectivity index is 1.95. The molecule has 2 aromatic heterocycles. The maximum absolute atomic E-state index is 12.1. The molecule has 4 rings (SSSR count). The van der Waals surface area contributed by atoms with Crippen molar-refractivity contribution >= 4 is 22.6 Å². The summed E-state index contributed by atoms with van der Waals surface area (Å²) < 4.78 is 5.83. The van der Waals surface area contributed by atoms with E-state index in [1.165, 1.54) is 0 Å². The molecule has 0 unspecified atom stereocenters. The van der Waals surface area contributed by atoms with Gasteiger partial charge in [-0.2, -0.15) is 0 Å². The van der Waals surface area contributed by atoms with Gasteiger partial charge >= 0.3 is 0 Å². The highest BCUT2D eigenvalue weighted by Gasteiger charge is 2.27. The predicted octanol–water partition coefficient (Wildman–Crippen LogP) is 4.02. The molecule has 1 saturated carbocycles. The number of para-hydroxylation sites is 1. The first kappa shape index (κ1) is 12.7. The summed E-state index contributed by atoms with van der Waals surface area (Å²) in [7, 11) is 0. The van der Waals surface area contributed by atoms with E-state index in [1.54, 1.807) is 13.0 Å². The lowest BCUT2D eigenvalue weighted by Crippen LogP contribution is -2.15. The van der Waals surface area contributed by atoms with E-state index in [2.05, 4.69) is 9.97 Å². The Hall–Kier alpha value is -2.07. The van der Waals surface area contributed by atoms with Crippen molar-refractivity contribution < 1.29 is 4.42 Å². The highest BCUT2D eigenvalue weighted by Crippen LogP contribution is 2.39. The molecule has 1 aromatic carbocycles. The molecule has 3 aromatic rings. The van der Waals surface area contributed by atoms with Crippen LogP contribution in [0.3, 0.4) is 0 Å². The van der Waals surface area contributed by atoms with E-state index in [4.69, 9.17) is 16.0 Å². The molecular formula is C16H13ClN2O2. The number of H-pyrrole nitrogens is 1. The Morgan fingerprint density at radius 3 is 2.90 bits per heavy atom. The lowest BCUT2D eigenvalue weighted by Gasteiger charge is -2.04. The van der Waals surface area contributed by atoms with Crippen LogP contribution in [0.25, 0.3) is 22.4 Å². The summed E-state index contributed by atoms with van der Waals surface area (Å²) in [6.07, 6.45) is 2.16. The summed E-state index contributed by atoms with van der Waals surface area (Å²) in [6, 6.07) is 7.47. The summed E-state index contributed by atoms with van der Waals surface area (Å²) >= 11 is 6.14.